The number of nitrogens with zero attached hydrogens (tertiary/aromatic N) is 4. The zero-order chi connectivity index (χ0) is 17.8. The Morgan fingerprint density at radius 3 is 2.73 bits per heavy atom. The Morgan fingerprint density at radius 2 is 1.85 bits per heavy atom. The molecule has 2 aromatic heterocycles. The molecule has 7 heteroatoms. The molecule has 130 valence electrons. The van der Waals surface area contributed by atoms with Crippen LogP contribution in [0.3, 0.4) is 0 Å². The lowest BCUT2D eigenvalue weighted by Crippen LogP contribution is -2.11. The molecular weight excluding hydrogens is 326 g/mol. The van der Waals surface area contributed by atoms with Crippen molar-refractivity contribution in [3.63, 3.8) is 0 Å². The Bertz CT molecular complexity index is 997. The van der Waals surface area contributed by atoms with Crippen molar-refractivity contribution >= 4 is 28.5 Å². The Hall–Kier alpha value is -3.48. The van der Waals surface area contributed by atoms with Crippen LogP contribution in [-0.2, 0) is 0 Å². The molecule has 2 heterocycles. The molecule has 0 saturated carbocycles. The van der Waals surface area contributed by atoms with Crippen LogP contribution < -0.4 is 10.6 Å². The molecule has 0 aliphatic carbocycles. The molecule has 0 bridgehead atoms. The fourth-order valence-corrected chi connectivity index (χ4v) is 2.72. The molecule has 0 saturated heterocycles. The van der Waals surface area contributed by atoms with E-state index in [1.807, 2.05) is 30.3 Å². The largest absolute Gasteiger partial charge is 0.369 e. The van der Waals surface area contributed by atoms with E-state index in [-0.39, 0.29) is 0 Å². The fourth-order valence-electron chi connectivity index (χ4n) is 2.72. The summed E-state index contributed by atoms with van der Waals surface area (Å²) in [6.45, 7) is 2.99. The van der Waals surface area contributed by atoms with Crippen LogP contribution in [0, 0.1) is 0 Å². The minimum atomic E-state index is 0.386. The van der Waals surface area contributed by atoms with E-state index >= 15 is 0 Å². The third-order valence-corrected chi connectivity index (χ3v) is 4.19. The molecule has 3 N–H and O–H groups in total. The summed E-state index contributed by atoms with van der Waals surface area (Å²) in [4.78, 5) is 8.81. The fraction of sp³-hybridized carbons (Fsp3) is 0.158. The molecule has 4 aromatic rings. The summed E-state index contributed by atoms with van der Waals surface area (Å²) in [7, 11) is 0. The summed E-state index contributed by atoms with van der Waals surface area (Å²) >= 11 is 0. The van der Waals surface area contributed by atoms with Crippen LogP contribution in [0.1, 0.15) is 18.4 Å². The summed E-state index contributed by atoms with van der Waals surface area (Å²) in [6, 6.07) is 18.0. The second-order valence-electron chi connectivity index (χ2n) is 6.11. The Kier molecular flexibility index (Phi) is 4.42. The summed E-state index contributed by atoms with van der Waals surface area (Å²) < 4.78 is 0. The SMILES string of the molecule is CC(CNc1ccnc(Nc2ccc3n[nH]nc3c2)n1)c1ccccc1. The molecule has 1 atom stereocenters. The zero-order valence-corrected chi connectivity index (χ0v) is 14.3. The smallest absolute Gasteiger partial charge is 0.229 e. The highest BCUT2D eigenvalue weighted by Gasteiger charge is 2.06. The molecular formula is C19H19N7. The Balaban J connectivity index is 1.43. The van der Waals surface area contributed by atoms with Gasteiger partial charge >= 0.3 is 0 Å². The second-order valence-corrected chi connectivity index (χ2v) is 6.11. The highest BCUT2D eigenvalue weighted by molar-refractivity contribution is 5.78. The first-order valence-electron chi connectivity index (χ1n) is 8.47. The van der Waals surface area contributed by atoms with Crippen LogP contribution in [0.15, 0.2) is 60.8 Å². The van der Waals surface area contributed by atoms with E-state index in [0.29, 0.717) is 11.9 Å². The number of nitrogens with one attached hydrogen (secondary N) is 3. The first-order chi connectivity index (χ1) is 12.8. The van der Waals surface area contributed by atoms with Crippen molar-refractivity contribution in [1.29, 1.82) is 0 Å². The first-order valence-corrected chi connectivity index (χ1v) is 8.47. The summed E-state index contributed by atoms with van der Waals surface area (Å²) in [5.41, 5.74) is 3.78. The monoisotopic (exact) mass is 345 g/mol. The number of aromatic amines is 1. The van der Waals surface area contributed by atoms with Gasteiger partial charge in [-0.2, -0.15) is 20.4 Å². The normalized spacial score (nSPS) is 12.0. The van der Waals surface area contributed by atoms with Crippen molar-refractivity contribution in [1.82, 2.24) is 25.4 Å². The summed E-state index contributed by atoms with van der Waals surface area (Å²) in [5, 5.41) is 17.3. The number of H-pyrrole nitrogens is 1. The summed E-state index contributed by atoms with van der Waals surface area (Å²) in [6.07, 6.45) is 1.74. The predicted octanol–water partition coefficient (Wildman–Crippen LogP) is 3.71. The van der Waals surface area contributed by atoms with Crippen LogP contribution in [-0.4, -0.2) is 31.9 Å². The van der Waals surface area contributed by atoms with E-state index in [9.17, 15) is 0 Å². The molecule has 0 aliphatic heterocycles. The zero-order valence-electron chi connectivity index (χ0n) is 14.3. The molecule has 1 unspecified atom stereocenters. The maximum atomic E-state index is 4.52. The third-order valence-electron chi connectivity index (χ3n) is 4.19. The molecule has 26 heavy (non-hydrogen) atoms. The average molecular weight is 345 g/mol. The second kappa shape index (κ2) is 7.18. The quantitative estimate of drug-likeness (QED) is 0.493. The van der Waals surface area contributed by atoms with Crippen LogP contribution in [0.2, 0.25) is 0 Å². The van der Waals surface area contributed by atoms with E-state index in [1.165, 1.54) is 5.56 Å². The van der Waals surface area contributed by atoms with Gasteiger partial charge in [0.05, 0.1) is 0 Å². The molecule has 0 amide bonds. The molecule has 0 spiro atoms. The van der Waals surface area contributed by atoms with Crippen LogP contribution in [0.5, 0.6) is 0 Å². The van der Waals surface area contributed by atoms with E-state index in [1.54, 1.807) is 6.20 Å². The van der Waals surface area contributed by atoms with Gasteiger partial charge in [-0.05, 0) is 35.7 Å². The predicted molar refractivity (Wildman–Crippen MR) is 103 cm³/mol. The maximum Gasteiger partial charge on any atom is 0.229 e. The van der Waals surface area contributed by atoms with Crippen molar-refractivity contribution in [3.8, 4) is 0 Å². The van der Waals surface area contributed by atoms with Gasteiger partial charge in [-0.3, -0.25) is 0 Å². The molecule has 0 radical (unpaired) electrons. The van der Waals surface area contributed by atoms with E-state index in [4.69, 9.17) is 0 Å². The minimum absolute atomic E-state index is 0.386. The van der Waals surface area contributed by atoms with Crippen LogP contribution in [0.25, 0.3) is 11.0 Å². The van der Waals surface area contributed by atoms with Gasteiger partial charge in [0, 0.05) is 18.4 Å². The van der Waals surface area contributed by atoms with Crippen molar-refractivity contribution in [2.45, 2.75) is 12.8 Å². The third kappa shape index (κ3) is 3.61. The van der Waals surface area contributed by atoms with Crippen molar-refractivity contribution in [2.75, 3.05) is 17.2 Å². The number of benzene rings is 2. The Morgan fingerprint density at radius 1 is 1.00 bits per heavy atom. The van der Waals surface area contributed by atoms with Crippen LogP contribution >= 0.6 is 0 Å². The highest BCUT2D eigenvalue weighted by Crippen LogP contribution is 2.19. The molecule has 0 fully saturated rings. The van der Waals surface area contributed by atoms with Crippen molar-refractivity contribution in [2.24, 2.45) is 0 Å². The summed E-state index contributed by atoms with van der Waals surface area (Å²) in [5.74, 6) is 1.70. The van der Waals surface area contributed by atoms with Gasteiger partial charge in [0.25, 0.3) is 0 Å². The van der Waals surface area contributed by atoms with Gasteiger partial charge in [-0.1, -0.05) is 37.3 Å². The Labute approximate surface area is 150 Å². The number of hydrogen-bond donors (Lipinski definition) is 3. The van der Waals surface area contributed by atoms with E-state index in [2.05, 4.69) is 67.2 Å². The van der Waals surface area contributed by atoms with Crippen LogP contribution in [0.4, 0.5) is 17.5 Å². The van der Waals surface area contributed by atoms with Gasteiger partial charge in [0.15, 0.2) is 0 Å². The number of hydrogen-bond acceptors (Lipinski definition) is 6. The van der Waals surface area contributed by atoms with E-state index < -0.39 is 0 Å². The van der Waals surface area contributed by atoms with Crippen molar-refractivity contribution in [3.05, 3.63) is 66.4 Å². The van der Waals surface area contributed by atoms with Gasteiger partial charge in [-0.15, -0.1) is 0 Å². The standard InChI is InChI=1S/C19H19N7/c1-13(14-5-3-2-4-6-14)12-21-18-9-10-20-19(23-18)22-15-7-8-16-17(11-15)25-26-24-16/h2-11,13H,12H2,1H3,(H,24,25,26)(H2,20,21,22,23). The number of rotatable bonds is 6. The molecule has 7 nitrogen and oxygen atoms in total. The lowest BCUT2D eigenvalue weighted by Gasteiger charge is -2.14. The lowest BCUT2D eigenvalue weighted by molar-refractivity contribution is 0.801. The van der Waals surface area contributed by atoms with Gasteiger partial charge in [-0.25, -0.2) is 4.98 Å². The number of anilines is 3. The van der Waals surface area contributed by atoms with Gasteiger partial charge in [0.1, 0.15) is 16.9 Å². The maximum absolute atomic E-state index is 4.52. The topological polar surface area (TPSA) is 91.4 Å². The van der Waals surface area contributed by atoms with Gasteiger partial charge in [0.2, 0.25) is 5.95 Å². The lowest BCUT2D eigenvalue weighted by atomic mass is 10.0. The molecule has 0 aliphatic rings. The highest BCUT2D eigenvalue weighted by atomic mass is 15.3. The minimum Gasteiger partial charge on any atom is -0.369 e. The first kappa shape index (κ1) is 16.0. The molecule has 2 aromatic carbocycles. The molecule has 4 rings (SSSR count). The average Bonchev–Trinajstić information content (AvgIpc) is 3.15. The number of fused-ring (bicyclic) bond motifs is 1. The van der Waals surface area contributed by atoms with Crippen molar-refractivity contribution < 1.29 is 0 Å². The van der Waals surface area contributed by atoms with E-state index in [0.717, 1.165) is 29.1 Å². The van der Waals surface area contributed by atoms with Gasteiger partial charge < -0.3 is 10.6 Å². The number of aromatic nitrogens is 5.